The summed E-state index contributed by atoms with van der Waals surface area (Å²) in [6.07, 6.45) is 5.35. The molecule has 0 aliphatic carbocycles. The van der Waals surface area contributed by atoms with Gasteiger partial charge in [0.15, 0.2) is 0 Å². The summed E-state index contributed by atoms with van der Waals surface area (Å²) >= 11 is 0. The zero-order valence-electron chi connectivity index (χ0n) is 17.9. The van der Waals surface area contributed by atoms with Gasteiger partial charge in [0.05, 0.1) is 5.52 Å². The van der Waals surface area contributed by atoms with Gasteiger partial charge in [0.1, 0.15) is 0 Å². The Kier molecular flexibility index (Phi) is 6.77. The molecule has 2 heterocycles. The number of carbonyl (C=O) groups excluding carboxylic acids is 2. The van der Waals surface area contributed by atoms with Crippen molar-refractivity contribution in [3.63, 3.8) is 0 Å². The monoisotopic (exact) mass is 399 g/mol. The van der Waals surface area contributed by atoms with E-state index in [1.54, 1.807) is 0 Å². The number of amides is 3. The van der Waals surface area contributed by atoms with Crippen molar-refractivity contribution >= 4 is 28.5 Å². The van der Waals surface area contributed by atoms with Gasteiger partial charge in [-0.3, -0.25) is 9.48 Å². The Hall–Kier alpha value is -2.57. The number of piperidine rings is 1. The van der Waals surface area contributed by atoms with Gasteiger partial charge in [-0.2, -0.15) is 5.10 Å². The van der Waals surface area contributed by atoms with Gasteiger partial charge < -0.3 is 15.5 Å². The molecule has 1 saturated heterocycles. The molecule has 1 aliphatic heterocycles. The molecule has 1 fully saturated rings. The highest BCUT2D eigenvalue weighted by atomic mass is 16.2. The Morgan fingerprint density at radius 2 is 1.86 bits per heavy atom. The summed E-state index contributed by atoms with van der Waals surface area (Å²) in [5.74, 6) is 0.380. The third-order valence-electron chi connectivity index (χ3n) is 5.79. The quantitative estimate of drug-likeness (QED) is 0.765. The van der Waals surface area contributed by atoms with Gasteiger partial charge in [-0.1, -0.05) is 13.8 Å². The van der Waals surface area contributed by atoms with E-state index in [1.165, 1.54) is 0 Å². The second kappa shape index (κ2) is 9.29. The Morgan fingerprint density at radius 3 is 2.48 bits per heavy atom. The van der Waals surface area contributed by atoms with Crippen molar-refractivity contribution in [2.24, 2.45) is 5.92 Å². The van der Waals surface area contributed by atoms with Crippen LogP contribution in [0.25, 0.3) is 10.9 Å². The highest BCUT2D eigenvalue weighted by Gasteiger charge is 2.27. The number of rotatable bonds is 6. The lowest BCUT2D eigenvalue weighted by atomic mass is 9.98. The summed E-state index contributed by atoms with van der Waals surface area (Å²) in [4.78, 5) is 26.9. The first kappa shape index (κ1) is 21.1. The van der Waals surface area contributed by atoms with E-state index >= 15 is 0 Å². The van der Waals surface area contributed by atoms with Crippen molar-refractivity contribution in [1.82, 2.24) is 20.0 Å². The first-order chi connectivity index (χ1) is 13.9. The zero-order valence-corrected chi connectivity index (χ0v) is 17.9. The van der Waals surface area contributed by atoms with Gasteiger partial charge in [-0.25, -0.2) is 4.79 Å². The van der Waals surface area contributed by atoms with Crippen molar-refractivity contribution in [3.8, 4) is 0 Å². The molecule has 2 aromatic rings. The number of urea groups is 1. The van der Waals surface area contributed by atoms with Crippen LogP contribution in [-0.4, -0.2) is 45.8 Å². The summed E-state index contributed by atoms with van der Waals surface area (Å²) < 4.78 is 1.92. The number of benzene rings is 1. The van der Waals surface area contributed by atoms with Crippen LogP contribution in [0, 0.1) is 5.92 Å². The topological polar surface area (TPSA) is 79.3 Å². The Labute approximate surface area is 172 Å². The average Bonchev–Trinajstić information content (AvgIpc) is 3.13. The molecule has 7 nitrogen and oxygen atoms in total. The Morgan fingerprint density at radius 1 is 1.17 bits per heavy atom. The van der Waals surface area contributed by atoms with Crippen LogP contribution in [-0.2, 0) is 4.79 Å². The van der Waals surface area contributed by atoms with Crippen LogP contribution in [0.4, 0.5) is 10.5 Å². The van der Waals surface area contributed by atoms with Gasteiger partial charge in [-0.05, 0) is 57.7 Å². The fraction of sp³-hybridized carbons (Fsp3) is 0.591. The fourth-order valence-electron chi connectivity index (χ4n) is 3.88. The first-order valence-corrected chi connectivity index (χ1v) is 10.8. The van der Waals surface area contributed by atoms with Crippen LogP contribution in [0.3, 0.4) is 0 Å². The number of hydrogen-bond donors (Lipinski definition) is 2. The molecule has 1 aromatic heterocycles. The minimum atomic E-state index is -0.203. The van der Waals surface area contributed by atoms with E-state index in [0.29, 0.717) is 19.1 Å². The van der Waals surface area contributed by atoms with Crippen molar-refractivity contribution < 1.29 is 9.59 Å². The third-order valence-corrected chi connectivity index (χ3v) is 5.79. The van der Waals surface area contributed by atoms with Gasteiger partial charge in [0.2, 0.25) is 5.91 Å². The molecule has 7 heteroatoms. The normalized spacial score (nSPS) is 15.3. The van der Waals surface area contributed by atoms with E-state index in [1.807, 2.05) is 34.0 Å². The molecule has 2 N–H and O–H groups in total. The van der Waals surface area contributed by atoms with Crippen LogP contribution in [0.5, 0.6) is 0 Å². The van der Waals surface area contributed by atoms with E-state index in [4.69, 9.17) is 0 Å². The minimum absolute atomic E-state index is 0.0909. The summed E-state index contributed by atoms with van der Waals surface area (Å²) in [6.45, 7) is 9.72. The van der Waals surface area contributed by atoms with Crippen molar-refractivity contribution in [2.45, 2.75) is 65.5 Å². The average molecular weight is 400 g/mol. The van der Waals surface area contributed by atoms with Crippen molar-refractivity contribution in [1.29, 1.82) is 0 Å². The predicted octanol–water partition coefficient (Wildman–Crippen LogP) is 4.17. The molecule has 158 valence electrons. The van der Waals surface area contributed by atoms with Crippen molar-refractivity contribution in [2.75, 3.05) is 18.4 Å². The van der Waals surface area contributed by atoms with E-state index in [-0.39, 0.29) is 23.9 Å². The molecule has 0 spiro atoms. The summed E-state index contributed by atoms with van der Waals surface area (Å²) in [5.41, 5.74) is 1.67. The lowest BCUT2D eigenvalue weighted by Crippen LogP contribution is -2.48. The number of carbonyl (C=O) groups is 2. The number of likely N-dealkylation sites (tertiary alicyclic amines) is 1. The number of hydrogen-bond acceptors (Lipinski definition) is 3. The largest absolute Gasteiger partial charge is 0.342 e. The van der Waals surface area contributed by atoms with E-state index in [2.05, 4.69) is 43.4 Å². The molecule has 0 radical (unpaired) electrons. The van der Waals surface area contributed by atoms with E-state index in [0.717, 1.165) is 42.3 Å². The maximum atomic E-state index is 12.5. The van der Waals surface area contributed by atoms with Crippen LogP contribution >= 0.6 is 0 Å². The molecule has 1 aromatic carbocycles. The highest BCUT2D eigenvalue weighted by Crippen LogP contribution is 2.20. The van der Waals surface area contributed by atoms with Crippen LogP contribution in [0.15, 0.2) is 24.4 Å². The second-order valence-electron chi connectivity index (χ2n) is 8.19. The fourth-order valence-corrected chi connectivity index (χ4v) is 3.88. The predicted molar refractivity (Wildman–Crippen MR) is 116 cm³/mol. The SMILES string of the molecule is CCC(CC)C(=O)N1CCC(NC(=O)Nc2ccc3nn(C(C)C)cc3c2)CC1. The maximum absolute atomic E-state index is 12.5. The van der Waals surface area contributed by atoms with Crippen LogP contribution in [0.2, 0.25) is 0 Å². The number of nitrogens with one attached hydrogen (secondary N) is 2. The number of fused-ring (bicyclic) bond motifs is 1. The molecule has 1 aliphatic rings. The van der Waals surface area contributed by atoms with Crippen LogP contribution in [0.1, 0.15) is 59.4 Å². The molecular weight excluding hydrogens is 366 g/mol. The van der Waals surface area contributed by atoms with Crippen molar-refractivity contribution in [3.05, 3.63) is 24.4 Å². The smallest absolute Gasteiger partial charge is 0.319 e. The molecule has 0 atom stereocenters. The summed E-state index contributed by atoms with van der Waals surface area (Å²) in [7, 11) is 0. The Bertz CT molecular complexity index is 848. The standard InChI is InChI=1S/C22H33N5O2/c1-5-16(6-2)21(28)26-11-9-18(10-12-26)23-22(29)24-19-7-8-20-17(13-19)14-27(25-20)15(3)4/h7-8,13-16,18H,5-6,9-12H2,1-4H3,(H2,23,24,29). The molecular formula is C22H33N5O2. The molecule has 29 heavy (non-hydrogen) atoms. The lowest BCUT2D eigenvalue weighted by molar-refractivity contribution is -0.136. The number of aromatic nitrogens is 2. The Balaban J connectivity index is 1.51. The third kappa shape index (κ3) is 5.08. The molecule has 0 bridgehead atoms. The minimum Gasteiger partial charge on any atom is -0.342 e. The highest BCUT2D eigenvalue weighted by molar-refractivity contribution is 5.92. The summed E-state index contributed by atoms with van der Waals surface area (Å²) in [5, 5.41) is 11.5. The van der Waals surface area contributed by atoms with Gasteiger partial charge >= 0.3 is 6.03 Å². The number of nitrogens with zero attached hydrogens (tertiary/aromatic N) is 3. The molecule has 3 amide bonds. The molecule has 0 unspecified atom stereocenters. The zero-order chi connectivity index (χ0) is 21.0. The van der Waals surface area contributed by atoms with Crippen LogP contribution < -0.4 is 10.6 Å². The summed E-state index contributed by atoms with van der Waals surface area (Å²) in [6, 6.07) is 5.92. The van der Waals surface area contributed by atoms with Gasteiger partial charge in [0, 0.05) is 48.4 Å². The lowest BCUT2D eigenvalue weighted by Gasteiger charge is -2.34. The van der Waals surface area contributed by atoms with Gasteiger partial charge in [-0.15, -0.1) is 0 Å². The number of anilines is 1. The first-order valence-electron chi connectivity index (χ1n) is 10.8. The van der Waals surface area contributed by atoms with Gasteiger partial charge in [0.25, 0.3) is 0 Å². The van der Waals surface area contributed by atoms with E-state index in [9.17, 15) is 9.59 Å². The molecule has 0 saturated carbocycles. The van der Waals surface area contributed by atoms with E-state index < -0.39 is 0 Å². The maximum Gasteiger partial charge on any atom is 0.319 e. The molecule has 3 rings (SSSR count). The second-order valence-corrected chi connectivity index (χ2v) is 8.19.